The number of alkyl halides is 3. The van der Waals surface area contributed by atoms with Crippen LogP contribution in [-0.2, 0) is 19.1 Å². The molecule has 0 atom stereocenters. The van der Waals surface area contributed by atoms with Crippen molar-refractivity contribution < 1.29 is 18.0 Å². The maximum Gasteiger partial charge on any atom is 0.416 e. The number of aromatic nitrogens is 2. The van der Waals surface area contributed by atoms with Gasteiger partial charge in [-0.25, -0.2) is 0 Å². The number of nitrogens with zero attached hydrogens (tertiary/aromatic N) is 3. The van der Waals surface area contributed by atoms with E-state index in [2.05, 4.69) is 5.10 Å². The highest BCUT2D eigenvalue weighted by Gasteiger charge is 2.32. The predicted octanol–water partition coefficient (Wildman–Crippen LogP) is 4.54. The normalized spacial score (nSPS) is 14.0. The Morgan fingerprint density at radius 2 is 1.89 bits per heavy atom. The summed E-state index contributed by atoms with van der Waals surface area (Å²) in [4.78, 5) is 14.5. The molecule has 0 N–H and O–H groups in total. The van der Waals surface area contributed by atoms with Crippen LogP contribution in [0.15, 0.2) is 60.9 Å². The fraction of sp³-hybridized carbons (Fsp3) is 0.238. The Bertz CT molecular complexity index is 979. The Balaban J connectivity index is 1.56. The van der Waals surface area contributed by atoms with Crippen LogP contribution in [0.2, 0.25) is 0 Å². The molecule has 144 valence electrons. The van der Waals surface area contributed by atoms with Crippen molar-refractivity contribution in [3.8, 4) is 0 Å². The third-order valence-electron chi connectivity index (χ3n) is 4.88. The first-order valence-electron chi connectivity index (χ1n) is 9.00. The number of benzene rings is 2. The molecule has 0 unspecified atom stereocenters. The van der Waals surface area contributed by atoms with Gasteiger partial charge in [-0.2, -0.15) is 18.3 Å². The molecule has 0 fully saturated rings. The molecule has 3 aromatic rings. The minimum absolute atomic E-state index is 0.202. The number of carbonyl (C=O) groups is 1. The zero-order valence-electron chi connectivity index (χ0n) is 15.0. The van der Waals surface area contributed by atoms with Crippen LogP contribution in [0.25, 0.3) is 0 Å². The Morgan fingerprint density at radius 1 is 1.11 bits per heavy atom. The number of amides is 1. The Kier molecular flexibility index (Phi) is 4.66. The number of hydrogen-bond donors (Lipinski definition) is 0. The Hall–Kier alpha value is -3.09. The van der Waals surface area contributed by atoms with Crippen LogP contribution in [0.4, 0.5) is 18.9 Å². The van der Waals surface area contributed by atoms with Gasteiger partial charge in [0.1, 0.15) is 0 Å². The van der Waals surface area contributed by atoms with Gasteiger partial charge >= 0.3 is 6.18 Å². The van der Waals surface area contributed by atoms with E-state index in [4.69, 9.17) is 0 Å². The van der Waals surface area contributed by atoms with Gasteiger partial charge in [0.2, 0.25) is 0 Å². The second-order valence-electron chi connectivity index (χ2n) is 6.80. The summed E-state index contributed by atoms with van der Waals surface area (Å²) in [5.41, 5.74) is 1.96. The molecule has 0 saturated carbocycles. The van der Waals surface area contributed by atoms with Gasteiger partial charge < -0.3 is 4.90 Å². The lowest BCUT2D eigenvalue weighted by Gasteiger charge is -2.30. The van der Waals surface area contributed by atoms with Gasteiger partial charge in [0.15, 0.2) is 0 Å². The highest BCUT2D eigenvalue weighted by Crippen LogP contribution is 2.35. The molecule has 1 aliphatic heterocycles. The van der Waals surface area contributed by atoms with Crippen LogP contribution in [0.3, 0.4) is 0 Å². The van der Waals surface area contributed by atoms with Gasteiger partial charge in [0.25, 0.3) is 5.91 Å². The van der Waals surface area contributed by atoms with Crippen molar-refractivity contribution in [3.63, 3.8) is 0 Å². The lowest BCUT2D eigenvalue weighted by molar-refractivity contribution is -0.137. The van der Waals surface area contributed by atoms with Crippen LogP contribution >= 0.6 is 0 Å². The average molecular weight is 385 g/mol. The summed E-state index contributed by atoms with van der Waals surface area (Å²) in [6.45, 7) is 1.10. The first kappa shape index (κ1) is 18.3. The molecule has 0 radical (unpaired) electrons. The molecule has 0 aliphatic carbocycles. The number of fused-ring (bicyclic) bond motifs is 1. The van der Waals surface area contributed by atoms with Crippen molar-refractivity contribution in [1.82, 2.24) is 9.78 Å². The molecule has 7 heteroatoms. The first-order valence-corrected chi connectivity index (χ1v) is 9.00. The summed E-state index contributed by atoms with van der Waals surface area (Å²) in [5, 5.41) is 4.15. The largest absolute Gasteiger partial charge is 0.416 e. The van der Waals surface area contributed by atoms with Crippen LogP contribution in [0.1, 0.15) is 33.5 Å². The number of anilines is 1. The van der Waals surface area contributed by atoms with Gasteiger partial charge in [0.05, 0.1) is 12.1 Å². The van der Waals surface area contributed by atoms with Crippen molar-refractivity contribution >= 4 is 11.6 Å². The van der Waals surface area contributed by atoms with Gasteiger partial charge in [-0.3, -0.25) is 9.48 Å². The fourth-order valence-electron chi connectivity index (χ4n) is 3.47. The average Bonchev–Trinajstić information content (AvgIpc) is 3.19. The predicted molar refractivity (Wildman–Crippen MR) is 99.2 cm³/mol. The summed E-state index contributed by atoms with van der Waals surface area (Å²) in [7, 11) is 0. The van der Waals surface area contributed by atoms with Gasteiger partial charge in [-0.05, 0) is 60.4 Å². The van der Waals surface area contributed by atoms with E-state index in [-0.39, 0.29) is 5.91 Å². The zero-order chi connectivity index (χ0) is 19.7. The maximum absolute atomic E-state index is 13.0. The summed E-state index contributed by atoms with van der Waals surface area (Å²) in [6.07, 6.45) is 0.351. The number of carbonyl (C=O) groups excluding carboxylic acids is 1. The minimum atomic E-state index is -4.38. The number of aryl methyl sites for hydroxylation is 1. The van der Waals surface area contributed by atoms with E-state index in [9.17, 15) is 18.0 Å². The van der Waals surface area contributed by atoms with Gasteiger partial charge in [-0.1, -0.05) is 12.1 Å². The molecule has 1 aromatic heterocycles. The van der Waals surface area contributed by atoms with Crippen molar-refractivity contribution in [3.05, 3.63) is 83.2 Å². The lowest BCUT2D eigenvalue weighted by atomic mass is 9.98. The lowest BCUT2D eigenvalue weighted by Crippen LogP contribution is -2.35. The second kappa shape index (κ2) is 7.14. The zero-order valence-corrected chi connectivity index (χ0v) is 15.0. The summed E-state index contributed by atoms with van der Waals surface area (Å²) in [6, 6.07) is 12.7. The quantitative estimate of drug-likeness (QED) is 0.664. The van der Waals surface area contributed by atoms with E-state index in [1.165, 1.54) is 6.07 Å². The van der Waals surface area contributed by atoms with E-state index < -0.39 is 11.7 Å². The number of hydrogen-bond acceptors (Lipinski definition) is 2. The number of halogens is 3. The molecule has 2 heterocycles. The van der Waals surface area contributed by atoms with Crippen LogP contribution in [0.5, 0.6) is 0 Å². The first-order chi connectivity index (χ1) is 13.4. The molecule has 0 spiro atoms. The van der Waals surface area contributed by atoms with E-state index in [1.807, 2.05) is 24.4 Å². The SMILES string of the molecule is O=C(c1ccc(Cn2cccn2)cc1)N1CCCc2cc(C(F)(F)F)ccc21. The smallest absolute Gasteiger partial charge is 0.308 e. The van der Waals surface area contributed by atoms with Crippen molar-refractivity contribution in [2.45, 2.75) is 25.6 Å². The Morgan fingerprint density at radius 3 is 2.57 bits per heavy atom. The standard InChI is InChI=1S/C21H18F3N3O/c22-21(23,24)18-8-9-19-17(13-18)3-1-12-27(19)20(28)16-6-4-15(5-7-16)14-26-11-2-10-25-26/h2,4-11,13H,1,3,12,14H2. The van der Waals surface area contributed by atoms with E-state index in [0.29, 0.717) is 42.7 Å². The maximum atomic E-state index is 13.0. The third-order valence-corrected chi connectivity index (χ3v) is 4.88. The second-order valence-corrected chi connectivity index (χ2v) is 6.80. The molecular weight excluding hydrogens is 367 g/mol. The molecule has 4 rings (SSSR count). The van der Waals surface area contributed by atoms with Gasteiger partial charge in [-0.15, -0.1) is 0 Å². The van der Waals surface area contributed by atoms with E-state index in [1.54, 1.807) is 27.9 Å². The topological polar surface area (TPSA) is 38.1 Å². The molecule has 0 bridgehead atoms. The summed E-state index contributed by atoms with van der Waals surface area (Å²) < 4.78 is 40.7. The molecule has 4 nitrogen and oxygen atoms in total. The van der Waals surface area contributed by atoms with Crippen molar-refractivity contribution in [2.24, 2.45) is 0 Å². The highest BCUT2D eigenvalue weighted by atomic mass is 19.4. The fourth-order valence-corrected chi connectivity index (χ4v) is 3.47. The highest BCUT2D eigenvalue weighted by molar-refractivity contribution is 6.06. The van der Waals surface area contributed by atoms with Crippen molar-refractivity contribution in [1.29, 1.82) is 0 Å². The Labute approximate surface area is 160 Å². The molecule has 1 aliphatic rings. The molecule has 1 amide bonds. The number of rotatable bonds is 3. The summed E-state index contributed by atoms with van der Waals surface area (Å²) in [5.74, 6) is -0.202. The van der Waals surface area contributed by atoms with Gasteiger partial charge in [0, 0.05) is 30.2 Å². The molecule has 28 heavy (non-hydrogen) atoms. The molecule has 2 aromatic carbocycles. The van der Waals surface area contributed by atoms with Crippen LogP contribution < -0.4 is 4.90 Å². The molecule has 0 saturated heterocycles. The van der Waals surface area contributed by atoms with E-state index >= 15 is 0 Å². The minimum Gasteiger partial charge on any atom is -0.308 e. The third kappa shape index (κ3) is 3.65. The van der Waals surface area contributed by atoms with Crippen molar-refractivity contribution in [2.75, 3.05) is 11.4 Å². The van der Waals surface area contributed by atoms with Crippen LogP contribution in [0, 0.1) is 0 Å². The van der Waals surface area contributed by atoms with Crippen LogP contribution in [-0.4, -0.2) is 22.2 Å². The molecular formula is C21H18F3N3O. The monoisotopic (exact) mass is 385 g/mol. The van der Waals surface area contributed by atoms with E-state index in [0.717, 1.165) is 17.7 Å². The summed E-state index contributed by atoms with van der Waals surface area (Å²) >= 11 is 0.